The molecule has 0 saturated carbocycles. The van der Waals surface area contributed by atoms with Crippen LogP contribution in [0.2, 0.25) is 0 Å². The van der Waals surface area contributed by atoms with E-state index in [1.54, 1.807) is 12.4 Å². The van der Waals surface area contributed by atoms with E-state index in [1.165, 1.54) is 6.33 Å². The van der Waals surface area contributed by atoms with Crippen LogP contribution in [-0.4, -0.2) is 37.7 Å². The zero-order valence-electron chi connectivity index (χ0n) is 15.7. The van der Waals surface area contributed by atoms with Crippen molar-refractivity contribution in [2.45, 2.75) is 33.9 Å². The summed E-state index contributed by atoms with van der Waals surface area (Å²) >= 11 is 0. The second-order valence-electron chi connectivity index (χ2n) is 5.92. The fourth-order valence-corrected chi connectivity index (χ4v) is 2.74. The third-order valence-corrected chi connectivity index (χ3v) is 4.16. The molecular weight excluding hydrogens is 344 g/mol. The van der Waals surface area contributed by atoms with E-state index >= 15 is 0 Å². The Morgan fingerprint density at radius 3 is 2.70 bits per heavy atom. The molecule has 0 spiro atoms. The fraction of sp³-hybridized carbons (Fsp3) is 0.368. The Bertz CT molecular complexity index is 988. The van der Waals surface area contributed by atoms with Crippen molar-refractivity contribution in [1.29, 1.82) is 0 Å². The van der Waals surface area contributed by atoms with Gasteiger partial charge in [0.05, 0.1) is 17.6 Å². The Labute approximate surface area is 157 Å². The maximum atomic E-state index is 6.08. The van der Waals surface area contributed by atoms with Crippen molar-refractivity contribution < 1.29 is 9.47 Å². The molecule has 140 valence electrons. The summed E-state index contributed by atoms with van der Waals surface area (Å²) in [6.07, 6.45) is 7.41. The largest absolute Gasteiger partial charge is 0.444 e. The Balaban J connectivity index is 1.82. The summed E-state index contributed by atoms with van der Waals surface area (Å²) < 4.78 is 13.1. The van der Waals surface area contributed by atoms with E-state index in [0.717, 1.165) is 22.6 Å². The molecule has 0 saturated heterocycles. The van der Waals surface area contributed by atoms with Gasteiger partial charge in [0, 0.05) is 24.7 Å². The SMILES string of the molecule is CCOCc1nc2c(N)nc(C)c(C)c2n1CCOC#Cc1cncnc1. The van der Waals surface area contributed by atoms with Gasteiger partial charge >= 0.3 is 0 Å². The average molecular weight is 366 g/mol. The zero-order valence-corrected chi connectivity index (χ0v) is 15.7. The molecule has 0 amide bonds. The van der Waals surface area contributed by atoms with Crippen LogP contribution in [0.25, 0.3) is 11.0 Å². The Morgan fingerprint density at radius 2 is 1.96 bits per heavy atom. The highest BCUT2D eigenvalue weighted by molar-refractivity contribution is 5.88. The highest BCUT2D eigenvalue weighted by Crippen LogP contribution is 2.26. The number of nitrogens with two attached hydrogens (primary N) is 1. The average Bonchev–Trinajstić information content (AvgIpc) is 3.04. The van der Waals surface area contributed by atoms with Crippen LogP contribution in [-0.2, 0) is 22.6 Å². The number of anilines is 1. The second kappa shape index (κ2) is 8.47. The number of hydrogen-bond acceptors (Lipinski definition) is 7. The summed E-state index contributed by atoms with van der Waals surface area (Å²) in [5, 5.41) is 0. The van der Waals surface area contributed by atoms with Gasteiger partial charge < -0.3 is 19.8 Å². The molecule has 3 heterocycles. The van der Waals surface area contributed by atoms with Crippen LogP contribution >= 0.6 is 0 Å². The number of aryl methyl sites for hydroxylation is 2. The summed E-state index contributed by atoms with van der Waals surface area (Å²) in [5.74, 6) is 4.08. The molecular formula is C19H22N6O2. The number of nitrogen functional groups attached to an aromatic ring is 1. The second-order valence-corrected chi connectivity index (χ2v) is 5.92. The molecule has 0 aliphatic carbocycles. The quantitative estimate of drug-likeness (QED) is 0.526. The lowest BCUT2D eigenvalue weighted by molar-refractivity contribution is 0.124. The molecule has 0 aliphatic rings. The number of rotatable bonds is 6. The predicted molar refractivity (Wildman–Crippen MR) is 102 cm³/mol. The molecule has 0 fully saturated rings. The topological polar surface area (TPSA) is 101 Å². The van der Waals surface area contributed by atoms with Crippen LogP contribution in [0.3, 0.4) is 0 Å². The van der Waals surface area contributed by atoms with Gasteiger partial charge in [-0.25, -0.2) is 19.9 Å². The standard InChI is InChI=1S/C19H22N6O2/c1-4-26-11-16-24-17-18(13(2)14(3)23-19(17)20)25(16)6-8-27-7-5-15-9-21-12-22-10-15/h9-10,12H,4,6,8,11H2,1-3H3,(H2,20,23). The first-order chi connectivity index (χ1) is 13.1. The van der Waals surface area contributed by atoms with Gasteiger partial charge in [-0.05, 0) is 32.3 Å². The van der Waals surface area contributed by atoms with Crippen LogP contribution in [0.4, 0.5) is 5.82 Å². The summed E-state index contributed by atoms with van der Waals surface area (Å²) in [5.41, 5.74) is 10.4. The van der Waals surface area contributed by atoms with E-state index in [4.69, 9.17) is 15.2 Å². The van der Waals surface area contributed by atoms with Crippen LogP contribution < -0.4 is 5.73 Å². The minimum absolute atomic E-state index is 0.395. The molecule has 3 aromatic rings. The van der Waals surface area contributed by atoms with E-state index in [1.807, 2.05) is 20.8 Å². The minimum Gasteiger partial charge on any atom is -0.444 e. The third-order valence-electron chi connectivity index (χ3n) is 4.16. The van der Waals surface area contributed by atoms with Gasteiger partial charge in [-0.15, -0.1) is 0 Å². The molecule has 0 unspecified atom stereocenters. The van der Waals surface area contributed by atoms with Gasteiger partial charge in [0.2, 0.25) is 0 Å². The van der Waals surface area contributed by atoms with Gasteiger partial charge in [0.25, 0.3) is 0 Å². The smallest absolute Gasteiger partial charge is 0.151 e. The molecule has 8 nitrogen and oxygen atoms in total. The third kappa shape index (κ3) is 4.15. The van der Waals surface area contributed by atoms with Crippen molar-refractivity contribution in [2.75, 3.05) is 18.9 Å². The lowest BCUT2D eigenvalue weighted by atomic mass is 10.2. The Hall–Kier alpha value is -3.18. The van der Waals surface area contributed by atoms with Gasteiger partial charge in [-0.1, -0.05) is 0 Å². The van der Waals surface area contributed by atoms with E-state index in [2.05, 4.69) is 36.5 Å². The lowest BCUT2D eigenvalue weighted by Crippen LogP contribution is -2.10. The number of pyridine rings is 1. The summed E-state index contributed by atoms with van der Waals surface area (Å²) in [4.78, 5) is 16.8. The van der Waals surface area contributed by atoms with Crippen molar-refractivity contribution in [1.82, 2.24) is 24.5 Å². The number of nitrogens with zero attached hydrogens (tertiary/aromatic N) is 5. The van der Waals surface area contributed by atoms with Crippen LogP contribution in [0.15, 0.2) is 18.7 Å². The summed E-state index contributed by atoms with van der Waals surface area (Å²) in [7, 11) is 0. The summed E-state index contributed by atoms with van der Waals surface area (Å²) in [6.45, 7) is 7.88. The maximum Gasteiger partial charge on any atom is 0.151 e. The van der Waals surface area contributed by atoms with E-state index in [0.29, 0.717) is 43.3 Å². The summed E-state index contributed by atoms with van der Waals surface area (Å²) in [6, 6.07) is 0. The number of imidazole rings is 1. The molecule has 3 rings (SSSR count). The highest BCUT2D eigenvalue weighted by atomic mass is 16.5. The molecule has 8 heteroatoms. The molecule has 0 radical (unpaired) electrons. The van der Waals surface area contributed by atoms with E-state index < -0.39 is 0 Å². The van der Waals surface area contributed by atoms with Crippen molar-refractivity contribution in [3.8, 4) is 12.0 Å². The number of ether oxygens (including phenoxy) is 2. The van der Waals surface area contributed by atoms with Crippen molar-refractivity contribution >= 4 is 16.9 Å². The van der Waals surface area contributed by atoms with Gasteiger partial charge in [0.15, 0.2) is 5.82 Å². The Kier molecular flexibility index (Phi) is 5.84. The number of aromatic nitrogens is 5. The van der Waals surface area contributed by atoms with Gasteiger partial charge in [0.1, 0.15) is 37.0 Å². The first-order valence-electron chi connectivity index (χ1n) is 8.69. The lowest BCUT2D eigenvalue weighted by Gasteiger charge is -2.11. The molecule has 0 bridgehead atoms. The predicted octanol–water partition coefficient (Wildman–Crippen LogP) is 1.98. The van der Waals surface area contributed by atoms with E-state index in [-0.39, 0.29) is 0 Å². The van der Waals surface area contributed by atoms with Crippen LogP contribution in [0.5, 0.6) is 0 Å². The molecule has 0 aliphatic heterocycles. The maximum absolute atomic E-state index is 6.08. The highest BCUT2D eigenvalue weighted by Gasteiger charge is 2.17. The van der Waals surface area contributed by atoms with E-state index in [9.17, 15) is 0 Å². The fourth-order valence-electron chi connectivity index (χ4n) is 2.74. The minimum atomic E-state index is 0.395. The Morgan fingerprint density at radius 1 is 1.19 bits per heavy atom. The van der Waals surface area contributed by atoms with Crippen molar-refractivity contribution in [3.05, 3.63) is 41.4 Å². The normalized spacial score (nSPS) is 10.6. The molecule has 0 aromatic carbocycles. The molecule has 0 atom stereocenters. The number of hydrogen-bond donors (Lipinski definition) is 1. The monoisotopic (exact) mass is 366 g/mol. The molecule has 2 N–H and O–H groups in total. The molecule has 3 aromatic heterocycles. The van der Waals surface area contributed by atoms with Crippen LogP contribution in [0.1, 0.15) is 29.6 Å². The molecule has 27 heavy (non-hydrogen) atoms. The van der Waals surface area contributed by atoms with Crippen molar-refractivity contribution in [2.24, 2.45) is 0 Å². The number of fused-ring (bicyclic) bond motifs is 1. The first-order valence-corrected chi connectivity index (χ1v) is 8.69. The zero-order chi connectivity index (χ0) is 19.2. The first kappa shape index (κ1) is 18.6. The van der Waals surface area contributed by atoms with Crippen molar-refractivity contribution in [3.63, 3.8) is 0 Å². The van der Waals surface area contributed by atoms with Gasteiger partial charge in [-0.2, -0.15) is 0 Å². The van der Waals surface area contributed by atoms with Gasteiger partial charge in [-0.3, -0.25) is 0 Å². The van der Waals surface area contributed by atoms with Crippen LogP contribution in [0, 0.1) is 25.9 Å².